The van der Waals surface area contributed by atoms with Gasteiger partial charge >= 0.3 is 11.9 Å². The number of aliphatic carboxylic acids is 2. The molecule has 19 heavy (non-hydrogen) atoms. The second-order valence-corrected chi connectivity index (χ2v) is 4.87. The summed E-state index contributed by atoms with van der Waals surface area (Å²) < 4.78 is 0. The van der Waals surface area contributed by atoms with Gasteiger partial charge < -0.3 is 10.2 Å². The topological polar surface area (TPSA) is 86.6 Å². The fourth-order valence-electron chi connectivity index (χ4n) is 1.87. The minimum absolute atomic E-state index is 0.166. The van der Waals surface area contributed by atoms with Crippen LogP contribution >= 0.6 is 0 Å². The number of nitrogens with one attached hydrogen (secondary N) is 1. The largest absolute Gasteiger partial charge is 0.480 e. The predicted octanol–water partition coefficient (Wildman–Crippen LogP) is 1.90. The van der Waals surface area contributed by atoms with Gasteiger partial charge in [0.1, 0.15) is 12.1 Å². The zero-order valence-electron chi connectivity index (χ0n) is 11.0. The minimum atomic E-state index is -1.08. The Kier molecular flexibility index (Phi) is 5.51. The Morgan fingerprint density at radius 3 is 2.11 bits per heavy atom. The third-order valence-electron chi connectivity index (χ3n) is 2.75. The number of benzene rings is 1. The summed E-state index contributed by atoms with van der Waals surface area (Å²) in [5.74, 6) is -1.95. The molecule has 0 amide bonds. The summed E-state index contributed by atoms with van der Waals surface area (Å²) >= 11 is 0. The van der Waals surface area contributed by atoms with Crippen LogP contribution in [0.3, 0.4) is 0 Å². The van der Waals surface area contributed by atoms with E-state index in [9.17, 15) is 14.7 Å². The zero-order valence-corrected chi connectivity index (χ0v) is 11.0. The van der Waals surface area contributed by atoms with Crippen LogP contribution in [0.15, 0.2) is 30.3 Å². The molecule has 0 bridgehead atoms. The van der Waals surface area contributed by atoms with Crippen LogP contribution in [0, 0.1) is 5.92 Å². The number of carboxylic acid groups (broad SMARTS) is 2. The summed E-state index contributed by atoms with van der Waals surface area (Å²) in [6, 6.07) is 6.68. The van der Waals surface area contributed by atoms with Gasteiger partial charge in [0.15, 0.2) is 0 Å². The van der Waals surface area contributed by atoms with Crippen molar-refractivity contribution >= 4 is 11.9 Å². The molecule has 0 aliphatic rings. The van der Waals surface area contributed by atoms with Crippen molar-refractivity contribution in [2.24, 2.45) is 5.92 Å². The molecule has 0 aliphatic heterocycles. The van der Waals surface area contributed by atoms with Gasteiger partial charge in [0.2, 0.25) is 0 Å². The van der Waals surface area contributed by atoms with E-state index >= 15 is 0 Å². The van der Waals surface area contributed by atoms with Crippen molar-refractivity contribution in [1.29, 1.82) is 0 Å². The Balaban J connectivity index is 2.88. The first-order chi connectivity index (χ1) is 8.91. The van der Waals surface area contributed by atoms with E-state index in [2.05, 4.69) is 5.32 Å². The van der Waals surface area contributed by atoms with E-state index in [1.807, 2.05) is 13.8 Å². The average Bonchev–Trinajstić information content (AvgIpc) is 2.34. The van der Waals surface area contributed by atoms with Crippen LogP contribution in [0.5, 0.6) is 0 Å². The first-order valence-corrected chi connectivity index (χ1v) is 6.18. The summed E-state index contributed by atoms with van der Waals surface area (Å²) in [4.78, 5) is 22.5. The Morgan fingerprint density at radius 2 is 1.68 bits per heavy atom. The molecular weight excluding hydrogens is 246 g/mol. The van der Waals surface area contributed by atoms with Crippen molar-refractivity contribution in [3.05, 3.63) is 35.9 Å². The summed E-state index contributed by atoms with van der Waals surface area (Å²) in [5, 5.41) is 21.1. The van der Waals surface area contributed by atoms with Crippen molar-refractivity contribution in [2.75, 3.05) is 0 Å². The molecule has 0 saturated heterocycles. The highest BCUT2D eigenvalue weighted by Crippen LogP contribution is 2.16. The molecule has 0 spiro atoms. The maximum absolute atomic E-state index is 11.3. The van der Waals surface area contributed by atoms with Crippen molar-refractivity contribution in [3.8, 4) is 0 Å². The number of rotatable bonds is 7. The lowest BCUT2D eigenvalue weighted by Crippen LogP contribution is -2.42. The molecule has 0 fully saturated rings. The van der Waals surface area contributed by atoms with Crippen LogP contribution in [0.25, 0.3) is 0 Å². The van der Waals surface area contributed by atoms with E-state index < -0.39 is 24.0 Å². The SMILES string of the molecule is CC(C)CC(NC(C(=O)O)c1ccccc1)C(=O)O. The van der Waals surface area contributed by atoms with Crippen molar-refractivity contribution in [3.63, 3.8) is 0 Å². The van der Waals surface area contributed by atoms with Crippen molar-refractivity contribution < 1.29 is 19.8 Å². The quantitative estimate of drug-likeness (QED) is 0.701. The molecule has 1 aromatic rings. The minimum Gasteiger partial charge on any atom is -0.480 e. The van der Waals surface area contributed by atoms with Gasteiger partial charge in [-0.25, -0.2) is 0 Å². The normalized spacial score (nSPS) is 14.1. The molecule has 2 unspecified atom stereocenters. The third-order valence-corrected chi connectivity index (χ3v) is 2.75. The highest BCUT2D eigenvalue weighted by atomic mass is 16.4. The zero-order chi connectivity index (χ0) is 14.4. The maximum atomic E-state index is 11.3. The molecule has 0 saturated carbocycles. The molecule has 0 aromatic heterocycles. The fraction of sp³-hybridized carbons (Fsp3) is 0.429. The summed E-state index contributed by atoms with van der Waals surface area (Å²) in [5.41, 5.74) is 0.546. The van der Waals surface area contributed by atoms with Crippen LogP contribution in [0.1, 0.15) is 31.9 Å². The van der Waals surface area contributed by atoms with E-state index in [1.54, 1.807) is 30.3 Å². The summed E-state index contributed by atoms with van der Waals surface area (Å²) in [6.45, 7) is 3.80. The first-order valence-electron chi connectivity index (χ1n) is 6.18. The first kappa shape index (κ1) is 15.2. The molecule has 5 nitrogen and oxygen atoms in total. The highest BCUT2D eigenvalue weighted by Gasteiger charge is 2.27. The van der Waals surface area contributed by atoms with Gasteiger partial charge in [0, 0.05) is 0 Å². The Morgan fingerprint density at radius 1 is 1.11 bits per heavy atom. The standard InChI is InChI=1S/C14H19NO4/c1-9(2)8-11(13(16)17)15-12(14(18)19)10-6-4-3-5-7-10/h3-7,9,11-12,15H,8H2,1-2H3,(H,16,17)(H,18,19). The van der Waals surface area contributed by atoms with Crippen LogP contribution in [-0.2, 0) is 9.59 Å². The lowest BCUT2D eigenvalue weighted by molar-refractivity contribution is -0.143. The molecule has 3 N–H and O–H groups in total. The van der Waals surface area contributed by atoms with E-state index in [4.69, 9.17) is 5.11 Å². The maximum Gasteiger partial charge on any atom is 0.325 e. The summed E-state index contributed by atoms with van der Waals surface area (Å²) in [6.07, 6.45) is 0.381. The molecule has 104 valence electrons. The average molecular weight is 265 g/mol. The van der Waals surface area contributed by atoms with Crippen molar-refractivity contribution in [2.45, 2.75) is 32.4 Å². The van der Waals surface area contributed by atoms with Crippen molar-refractivity contribution in [1.82, 2.24) is 5.32 Å². The van der Waals surface area contributed by atoms with Gasteiger partial charge in [0.25, 0.3) is 0 Å². The Hall–Kier alpha value is -1.88. The highest BCUT2D eigenvalue weighted by molar-refractivity contribution is 5.78. The predicted molar refractivity (Wildman–Crippen MR) is 70.8 cm³/mol. The molecule has 2 atom stereocenters. The van der Waals surface area contributed by atoms with Crippen LogP contribution in [0.4, 0.5) is 0 Å². The fourth-order valence-corrected chi connectivity index (χ4v) is 1.87. The molecular formula is C14H19NO4. The lowest BCUT2D eigenvalue weighted by Gasteiger charge is -2.21. The number of carbonyl (C=O) groups is 2. The van der Waals surface area contributed by atoms with Gasteiger partial charge in [0.05, 0.1) is 0 Å². The Labute approximate surface area is 112 Å². The smallest absolute Gasteiger partial charge is 0.325 e. The molecule has 1 rings (SSSR count). The van der Waals surface area contributed by atoms with Crippen LogP contribution in [-0.4, -0.2) is 28.2 Å². The van der Waals surface area contributed by atoms with Gasteiger partial charge in [-0.1, -0.05) is 44.2 Å². The van der Waals surface area contributed by atoms with Gasteiger partial charge in [-0.2, -0.15) is 0 Å². The van der Waals surface area contributed by atoms with Crippen LogP contribution < -0.4 is 5.32 Å². The second kappa shape index (κ2) is 6.89. The van der Waals surface area contributed by atoms with E-state index in [1.165, 1.54) is 0 Å². The Bertz CT molecular complexity index is 430. The second-order valence-electron chi connectivity index (χ2n) is 4.87. The van der Waals surface area contributed by atoms with Gasteiger partial charge in [-0.15, -0.1) is 0 Å². The molecule has 5 heteroatoms. The molecule has 0 radical (unpaired) electrons. The van der Waals surface area contributed by atoms with E-state index in [0.717, 1.165) is 0 Å². The van der Waals surface area contributed by atoms with E-state index in [0.29, 0.717) is 12.0 Å². The molecule has 0 heterocycles. The molecule has 0 aliphatic carbocycles. The monoisotopic (exact) mass is 265 g/mol. The number of hydrogen-bond donors (Lipinski definition) is 3. The summed E-state index contributed by atoms with van der Waals surface area (Å²) in [7, 11) is 0. The van der Waals surface area contributed by atoms with Gasteiger partial charge in [-0.05, 0) is 17.9 Å². The third kappa shape index (κ3) is 4.71. The lowest BCUT2D eigenvalue weighted by atomic mass is 10.0. The van der Waals surface area contributed by atoms with E-state index in [-0.39, 0.29) is 5.92 Å². The van der Waals surface area contributed by atoms with Crippen LogP contribution in [0.2, 0.25) is 0 Å². The number of hydrogen-bond acceptors (Lipinski definition) is 3. The number of carboxylic acids is 2. The van der Waals surface area contributed by atoms with Gasteiger partial charge in [-0.3, -0.25) is 14.9 Å². The molecule has 1 aromatic carbocycles.